The maximum atomic E-state index is 12.2. The molecule has 132 valence electrons. The first-order valence-electron chi connectivity index (χ1n) is 8.40. The topological polar surface area (TPSA) is 67.4 Å². The molecule has 3 rings (SSSR count). The van der Waals surface area contributed by atoms with Gasteiger partial charge in [-0.2, -0.15) is 0 Å². The van der Waals surface area contributed by atoms with E-state index in [1.165, 1.54) is 21.8 Å². The van der Waals surface area contributed by atoms with Gasteiger partial charge in [0.2, 0.25) is 0 Å². The zero-order valence-electron chi connectivity index (χ0n) is 14.6. The number of carbonyl (C=O) groups is 2. The van der Waals surface area contributed by atoms with Crippen molar-refractivity contribution in [3.63, 3.8) is 0 Å². The Bertz CT molecular complexity index is 791. The van der Waals surface area contributed by atoms with E-state index in [2.05, 4.69) is 10.9 Å². The first-order valence-corrected chi connectivity index (χ1v) is 9.22. The number of carbonyl (C=O) groups excluding carboxylic acids is 2. The number of rotatable bonds is 4. The Morgan fingerprint density at radius 3 is 2.76 bits per heavy atom. The number of hydrogen-bond donors (Lipinski definition) is 2. The van der Waals surface area contributed by atoms with E-state index >= 15 is 0 Å². The lowest BCUT2D eigenvalue weighted by molar-refractivity contribution is -0.128. The number of ether oxygens (including phenoxy) is 1. The fourth-order valence-electron chi connectivity index (χ4n) is 2.82. The molecule has 2 N–H and O–H groups in total. The fraction of sp³-hybridized carbons (Fsp3) is 0.368. The Morgan fingerprint density at radius 2 is 2.00 bits per heavy atom. The van der Waals surface area contributed by atoms with Crippen LogP contribution in [0.5, 0.6) is 5.75 Å². The number of hydrogen-bond acceptors (Lipinski definition) is 4. The van der Waals surface area contributed by atoms with Crippen LogP contribution in [0, 0.1) is 13.8 Å². The molecule has 0 bridgehead atoms. The Kier molecular flexibility index (Phi) is 5.08. The second kappa shape index (κ2) is 7.27. The monoisotopic (exact) mass is 358 g/mol. The summed E-state index contributed by atoms with van der Waals surface area (Å²) in [5, 5.41) is 0. The highest BCUT2D eigenvalue weighted by Crippen LogP contribution is 2.30. The van der Waals surface area contributed by atoms with Crippen LogP contribution in [0.15, 0.2) is 24.3 Å². The van der Waals surface area contributed by atoms with Crippen molar-refractivity contribution in [1.82, 2.24) is 10.9 Å². The van der Waals surface area contributed by atoms with Gasteiger partial charge in [0.25, 0.3) is 11.8 Å². The van der Waals surface area contributed by atoms with Crippen LogP contribution in [0.4, 0.5) is 0 Å². The van der Waals surface area contributed by atoms with Crippen molar-refractivity contribution < 1.29 is 14.3 Å². The summed E-state index contributed by atoms with van der Waals surface area (Å²) < 4.78 is 5.71. The molecule has 25 heavy (non-hydrogen) atoms. The van der Waals surface area contributed by atoms with Gasteiger partial charge >= 0.3 is 0 Å². The predicted octanol–water partition coefficient (Wildman–Crippen LogP) is 3.08. The SMILES string of the molecule is Cc1cccc(O[C@H](C)C(=O)NNC(=O)c2cc3c(s2)CCC3)c1C. The van der Waals surface area contributed by atoms with Crippen LogP contribution in [-0.4, -0.2) is 17.9 Å². The summed E-state index contributed by atoms with van der Waals surface area (Å²) in [5.74, 6) is -0.00584. The third kappa shape index (κ3) is 3.85. The van der Waals surface area contributed by atoms with Crippen molar-refractivity contribution in [1.29, 1.82) is 0 Å². The van der Waals surface area contributed by atoms with Crippen LogP contribution in [-0.2, 0) is 17.6 Å². The van der Waals surface area contributed by atoms with E-state index < -0.39 is 12.0 Å². The second-order valence-corrected chi connectivity index (χ2v) is 7.45. The van der Waals surface area contributed by atoms with Gasteiger partial charge in [0.15, 0.2) is 6.10 Å². The van der Waals surface area contributed by atoms with Crippen LogP contribution >= 0.6 is 11.3 Å². The van der Waals surface area contributed by atoms with Gasteiger partial charge in [-0.05, 0) is 68.9 Å². The molecule has 0 radical (unpaired) electrons. The Labute approximate surface area is 151 Å². The van der Waals surface area contributed by atoms with E-state index in [1.807, 2.05) is 38.1 Å². The third-order valence-corrected chi connectivity index (χ3v) is 5.73. The van der Waals surface area contributed by atoms with E-state index in [0.717, 1.165) is 30.4 Å². The minimum Gasteiger partial charge on any atom is -0.481 e. The molecule has 5 nitrogen and oxygen atoms in total. The molecule has 1 aliphatic carbocycles. The molecule has 2 amide bonds. The van der Waals surface area contributed by atoms with E-state index in [4.69, 9.17) is 4.74 Å². The quantitative estimate of drug-likeness (QED) is 0.826. The molecule has 1 aromatic carbocycles. The first kappa shape index (κ1) is 17.5. The first-order chi connectivity index (χ1) is 12.0. The van der Waals surface area contributed by atoms with Gasteiger partial charge in [0.05, 0.1) is 4.88 Å². The normalized spacial score (nSPS) is 13.9. The van der Waals surface area contributed by atoms with E-state index in [9.17, 15) is 9.59 Å². The molecule has 1 aromatic heterocycles. The Morgan fingerprint density at radius 1 is 1.20 bits per heavy atom. The van der Waals surface area contributed by atoms with Gasteiger partial charge in [-0.1, -0.05) is 12.1 Å². The molecular weight excluding hydrogens is 336 g/mol. The summed E-state index contributed by atoms with van der Waals surface area (Å²) in [6.45, 7) is 5.60. The summed E-state index contributed by atoms with van der Waals surface area (Å²) in [6.07, 6.45) is 2.52. The van der Waals surface area contributed by atoms with E-state index in [1.54, 1.807) is 6.92 Å². The number of nitrogens with one attached hydrogen (secondary N) is 2. The zero-order valence-corrected chi connectivity index (χ0v) is 15.5. The molecule has 6 heteroatoms. The van der Waals surface area contributed by atoms with Gasteiger partial charge < -0.3 is 4.74 Å². The number of thiophene rings is 1. The van der Waals surface area contributed by atoms with Crippen molar-refractivity contribution in [2.45, 2.75) is 46.1 Å². The van der Waals surface area contributed by atoms with Gasteiger partial charge in [0.1, 0.15) is 5.75 Å². The van der Waals surface area contributed by atoms with Crippen LogP contribution < -0.4 is 15.6 Å². The Hall–Kier alpha value is -2.34. The van der Waals surface area contributed by atoms with Crippen LogP contribution in [0.1, 0.15) is 44.6 Å². The number of hydrazine groups is 1. The van der Waals surface area contributed by atoms with Gasteiger partial charge in [0, 0.05) is 4.88 Å². The van der Waals surface area contributed by atoms with Gasteiger partial charge in [-0.25, -0.2) is 0 Å². The number of benzene rings is 1. The number of aryl methyl sites for hydroxylation is 3. The summed E-state index contributed by atoms with van der Waals surface area (Å²) in [6, 6.07) is 7.63. The number of amides is 2. The molecule has 0 unspecified atom stereocenters. The molecule has 1 aliphatic rings. The van der Waals surface area contributed by atoms with Crippen LogP contribution in [0.3, 0.4) is 0 Å². The minimum atomic E-state index is -0.714. The average Bonchev–Trinajstić information content (AvgIpc) is 3.18. The lowest BCUT2D eigenvalue weighted by Crippen LogP contribution is -2.47. The molecule has 0 fully saturated rings. The largest absolute Gasteiger partial charge is 0.481 e. The highest BCUT2D eigenvalue weighted by molar-refractivity contribution is 7.14. The van der Waals surface area contributed by atoms with Crippen molar-refractivity contribution in [2.24, 2.45) is 0 Å². The molecule has 0 saturated heterocycles. The van der Waals surface area contributed by atoms with Crippen molar-refractivity contribution >= 4 is 23.2 Å². The smallest absolute Gasteiger partial charge is 0.279 e. The van der Waals surface area contributed by atoms with Crippen LogP contribution in [0.25, 0.3) is 0 Å². The van der Waals surface area contributed by atoms with Crippen molar-refractivity contribution in [2.75, 3.05) is 0 Å². The predicted molar refractivity (Wildman–Crippen MR) is 98.0 cm³/mol. The lowest BCUT2D eigenvalue weighted by Gasteiger charge is -2.17. The highest BCUT2D eigenvalue weighted by Gasteiger charge is 2.20. The van der Waals surface area contributed by atoms with Gasteiger partial charge in [-0.15, -0.1) is 11.3 Å². The molecule has 2 aromatic rings. The van der Waals surface area contributed by atoms with E-state index in [-0.39, 0.29) is 5.91 Å². The summed E-state index contributed by atoms with van der Waals surface area (Å²) in [7, 11) is 0. The molecule has 0 spiro atoms. The molecule has 1 atom stereocenters. The number of fused-ring (bicyclic) bond motifs is 1. The highest BCUT2D eigenvalue weighted by atomic mass is 32.1. The van der Waals surface area contributed by atoms with Crippen molar-refractivity contribution in [3.05, 3.63) is 50.7 Å². The lowest BCUT2D eigenvalue weighted by atomic mass is 10.1. The molecule has 1 heterocycles. The standard InChI is InChI=1S/C19H22N2O3S/c1-11-6-4-8-15(12(11)2)24-13(3)18(22)20-21-19(23)17-10-14-7-5-9-16(14)25-17/h4,6,8,10,13H,5,7,9H2,1-3H3,(H,20,22)(H,21,23)/t13-/m1/s1. The molecular formula is C19H22N2O3S. The molecule has 0 saturated carbocycles. The van der Waals surface area contributed by atoms with Crippen molar-refractivity contribution in [3.8, 4) is 5.75 Å². The van der Waals surface area contributed by atoms with Crippen LogP contribution in [0.2, 0.25) is 0 Å². The fourth-order valence-corrected chi connectivity index (χ4v) is 3.97. The molecule has 0 aliphatic heterocycles. The van der Waals surface area contributed by atoms with E-state index in [0.29, 0.717) is 10.6 Å². The summed E-state index contributed by atoms with van der Waals surface area (Å²) >= 11 is 1.50. The average molecular weight is 358 g/mol. The van der Waals surface area contributed by atoms with Gasteiger partial charge in [-0.3, -0.25) is 20.4 Å². The maximum absolute atomic E-state index is 12.2. The third-order valence-electron chi connectivity index (χ3n) is 4.50. The second-order valence-electron chi connectivity index (χ2n) is 6.31. The Balaban J connectivity index is 1.54. The summed E-state index contributed by atoms with van der Waals surface area (Å²) in [5.41, 5.74) is 8.27. The summed E-state index contributed by atoms with van der Waals surface area (Å²) in [4.78, 5) is 26.3. The minimum absolute atomic E-state index is 0.285. The zero-order chi connectivity index (χ0) is 18.0. The maximum Gasteiger partial charge on any atom is 0.279 e.